The van der Waals surface area contributed by atoms with E-state index >= 15 is 0 Å². The smallest absolute Gasteiger partial charge is 0.308 e. The first-order valence-electron chi connectivity index (χ1n) is 7.30. The molecule has 1 aromatic carbocycles. The van der Waals surface area contributed by atoms with E-state index in [1.54, 1.807) is 5.57 Å². The third kappa shape index (κ3) is 2.78. The van der Waals surface area contributed by atoms with Gasteiger partial charge in [0, 0.05) is 19.6 Å². The second kappa shape index (κ2) is 5.80. The Hall–Kier alpha value is -1.61. The molecule has 20 heavy (non-hydrogen) atoms. The fourth-order valence-corrected chi connectivity index (χ4v) is 3.35. The molecular formula is C17H21NO2. The summed E-state index contributed by atoms with van der Waals surface area (Å²) in [5.74, 6) is 0.0356. The Morgan fingerprint density at radius 2 is 2.00 bits per heavy atom. The van der Waals surface area contributed by atoms with Crippen molar-refractivity contribution in [1.29, 1.82) is 0 Å². The SMILES string of the molecule is COC(=O)C1CCC2=C(C1)CN(Cc1ccccc1)C2. The van der Waals surface area contributed by atoms with Crippen LogP contribution in [0.2, 0.25) is 0 Å². The molecule has 2 aliphatic rings. The number of ether oxygens (including phenoxy) is 1. The van der Waals surface area contributed by atoms with Gasteiger partial charge in [-0.25, -0.2) is 0 Å². The average Bonchev–Trinajstić information content (AvgIpc) is 2.88. The van der Waals surface area contributed by atoms with E-state index in [2.05, 4.69) is 35.2 Å². The van der Waals surface area contributed by atoms with Crippen molar-refractivity contribution in [3.8, 4) is 0 Å². The summed E-state index contributed by atoms with van der Waals surface area (Å²) >= 11 is 0. The first kappa shape index (κ1) is 13.4. The van der Waals surface area contributed by atoms with Crippen LogP contribution in [0.5, 0.6) is 0 Å². The highest BCUT2D eigenvalue weighted by Crippen LogP contribution is 2.35. The third-order valence-electron chi connectivity index (χ3n) is 4.40. The van der Waals surface area contributed by atoms with Gasteiger partial charge >= 0.3 is 5.97 Å². The van der Waals surface area contributed by atoms with Crippen LogP contribution in [0.3, 0.4) is 0 Å². The lowest BCUT2D eigenvalue weighted by Gasteiger charge is -2.21. The van der Waals surface area contributed by atoms with E-state index in [4.69, 9.17) is 4.74 Å². The van der Waals surface area contributed by atoms with Gasteiger partial charge in [0.1, 0.15) is 0 Å². The summed E-state index contributed by atoms with van der Waals surface area (Å²) < 4.78 is 4.89. The second-order valence-electron chi connectivity index (χ2n) is 5.80. The number of esters is 1. The van der Waals surface area contributed by atoms with Gasteiger partial charge in [-0.3, -0.25) is 9.69 Å². The van der Waals surface area contributed by atoms with Crippen molar-refractivity contribution in [2.45, 2.75) is 25.8 Å². The topological polar surface area (TPSA) is 29.5 Å². The molecule has 1 aromatic rings. The van der Waals surface area contributed by atoms with E-state index in [0.717, 1.165) is 38.9 Å². The lowest BCUT2D eigenvalue weighted by Crippen LogP contribution is -2.21. The molecule has 0 amide bonds. The van der Waals surface area contributed by atoms with E-state index in [0.29, 0.717) is 0 Å². The van der Waals surface area contributed by atoms with E-state index in [1.807, 2.05) is 0 Å². The fourth-order valence-electron chi connectivity index (χ4n) is 3.35. The molecule has 1 atom stereocenters. The number of rotatable bonds is 3. The predicted molar refractivity (Wildman–Crippen MR) is 78.1 cm³/mol. The molecule has 1 aliphatic carbocycles. The normalized spacial score (nSPS) is 22.8. The van der Waals surface area contributed by atoms with E-state index < -0.39 is 0 Å². The average molecular weight is 271 g/mol. The molecule has 0 fully saturated rings. The zero-order valence-electron chi connectivity index (χ0n) is 12.0. The number of benzene rings is 1. The van der Waals surface area contributed by atoms with Gasteiger partial charge in [-0.05, 0) is 24.8 Å². The quantitative estimate of drug-likeness (QED) is 0.625. The monoisotopic (exact) mass is 271 g/mol. The first-order chi connectivity index (χ1) is 9.76. The highest BCUT2D eigenvalue weighted by molar-refractivity contribution is 5.73. The van der Waals surface area contributed by atoms with Crippen LogP contribution in [0.15, 0.2) is 41.5 Å². The van der Waals surface area contributed by atoms with Crippen molar-refractivity contribution in [2.24, 2.45) is 5.92 Å². The summed E-state index contributed by atoms with van der Waals surface area (Å²) in [5.41, 5.74) is 4.39. The number of nitrogens with zero attached hydrogens (tertiary/aromatic N) is 1. The van der Waals surface area contributed by atoms with Crippen LogP contribution in [-0.4, -0.2) is 31.1 Å². The Kier molecular flexibility index (Phi) is 3.88. The molecule has 3 heteroatoms. The fraction of sp³-hybridized carbons (Fsp3) is 0.471. The standard InChI is InChI=1S/C17H21NO2/c1-20-17(19)14-7-8-15-11-18(12-16(15)9-14)10-13-5-3-2-4-6-13/h2-6,14H,7-12H2,1H3. The summed E-state index contributed by atoms with van der Waals surface area (Å²) in [6, 6.07) is 10.6. The summed E-state index contributed by atoms with van der Waals surface area (Å²) in [5, 5.41) is 0. The molecule has 0 spiro atoms. The second-order valence-corrected chi connectivity index (χ2v) is 5.80. The summed E-state index contributed by atoms with van der Waals surface area (Å²) in [6.45, 7) is 3.08. The molecule has 0 N–H and O–H groups in total. The molecule has 1 unspecified atom stereocenters. The number of methoxy groups -OCH3 is 1. The molecule has 1 heterocycles. The van der Waals surface area contributed by atoms with Crippen LogP contribution >= 0.6 is 0 Å². The number of carbonyl (C=O) groups excluding carboxylic acids is 1. The third-order valence-corrected chi connectivity index (χ3v) is 4.40. The summed E-state index contributed by atoms with van der Waals surface area (Å²) in [6.07, 6.45) is 2.90. The Bertz CT molecular complexity index is 521. The van der Waals surface area contributed by atoms with Gasteiger partial charge in [0.25, 0.3) is 0 Å². The van der Waals surface area contributed by atoms with Gasteiger partial charge in [-0.1, -0.05) is 41.5 Å². The highest BCUT2D eigenvalue weighted by atomic mass is 16.5. The molecular weight excluding hydrogens is 250 g/mol. The highest BCUT2D eigenvalue weighted by Gasteiger charge is 2.31. The summed E-state index contributed by atoms with van der Waals surface area (Å²) in [7, 11) is 1.49. The minimum absolute atomic E-state index is 0.0435. The van der Waals surface area contributed by atoms with Crippen LogP contribution in [0, 0.1) is 5.92 Å². The van der Waals surface area contributed by atoms with Crippen molar-refractivity contribution < 1.29 is 9.53 Å². The van der Waals surface area contributed by atoms with Crippen molar-refractivity contribution in [1.82, 2.24) is 4.90 Å². The van der Waals surface area contributed by atoms with Crippen molar-refractivity contribution in [3.05, 3.63) is 47.0 Å². The largest absolute Gasteiger partial charge is 0.469 e. The molecule has 0 aromatic heterocycles. The Balaban J connectivity index is 1.60. The van der Waals surface area contributed by atoms with Gasteiger partial charge in [-0.15, -0.1) is 0 Å². The molecule has 0 saturated carbocycles. The van der Waals surface area contributed by atoms with Crippen LogP contribution in [0.1, 0.15) is 24.8 Å². The van der Waals surface area contributed by atoms with Crippen molar-refractivity contribution in [2.75, 3.05) is 20.2 Å². The molecule has 3 nitrogen and oxygen atoms in total. The zero-order valence-corrected chi connectivity index (χ0v) is 12.0. The molecule has 1 aliphatic heterocycles. The lowest BCUT2D eigenvalue weighted by atomic mass is 9.85. The number of hydrogen-bond donors (Lipinski definition) is 0. The van der Waals surface area contributed by atoms with Crippen LogP contribution in [0.25, 0.3) is 0 Å². The van der Waals surface area contributed by atoms with E-state index in [1.165, 1.54) is 18.2 Å². The Morgan fingerprint density at radius 1 is 1.25 bits per heavy atom. The van der Waals surface area contributed by atoms with Gasteiger partial charge < -0.3 is 4.74 Å². The first-order valence-corrected chi connectivity index (χ1v) is 7.30. The molecule has 0 bridgehead atoms. The van der Waals surface area contributed by atoms with Gasteiger partial charge in [0.05, 0.1) is 13.0 Å². The van der Waals surface area contributed by atoms with Crippen molar-refractivity contribution in [3.63, 3.8) is 0 Å². The van der Waals surface area contributed by atoms with Crippen LogP contribution in [0.4, 0.5) is 0 Å². The molecule has 106 valence electrons. The molecule has 0 saturated heterocycles. The predicted octanol–water partition coefficient (Wildman–Crippen LogP) is 2.77. The minimum atomic E-state index is -0.0435. The maximum absolute atomic E-state index is 11.7. The van der Waals surface area contributed by atoms with Gasteiger partial charge in [-0.2, -0.15) is 0 Å². The maximum Gasteiger partial charge on any atom is 0.308 e. The van der Waals surface area contributed by atoms with Crippen LogP contribution < -0.4 is 0 Å². The number of hydrogen-bond acceptors (Lipinski definition) is 3. The Labute approximate surface area is 120 Å². The molecule has 3 rings (SSSR count). The minimum Gasteiger partial charge on any atom is -0.469 e. The maximum atomic E-state index is 11.7. The van der Waals surface area contributed by atoms with Crippen molar-refractivity contribution >= 4 is 5.97 Å². The molecule has 0 radical (unpaired) electrons. The Morgan fingerprint density at radius 3 is 2.75 bits per heavy atom. The van der Waals surface area contributed by atoms with E-state index in [9.17, 15) is 4.79 Å². The van der Waals surface area contributed by atoms with Gasteiger partial charge in [0.2, 0.25) is 0 Å². The number of carbonyl (C=O) groups is 1. The zero-order chi connectivity index (χ0) is 13.9. The van der Waals surface area contributed by atoms with Crippen LogP contribution in [-0.2, 0) is 16.1 Å². The summed E-state index contributed by atoms with van der Waals surface area (Å²) in [4.78, 5) is 14.1. The van der Waals surface area contributed by atoms with E-state index in [-0.39, 0.29) is 11.9 Å². The van der Waals surface area contributed by atoms with Gasteiger partial charge in [0.15, 0.2) is 0 Å². The lowest BCUT2D eigenvalue weighted by molar-refractivity contribution is -0.145.